The third-order valence-corrected chi connectivity index (χ3v) is 2.80. The molecule has 17 heavy (non-hydrogen) atoms. The van der Waals surface area contributed by atoms with E-state index in [1.54, 1.807) is 18.2 Å². The van der Waals surface area contributed by atoms with Gasteiger partial charge in [-0.2, -0.15) is 0 Å². The number of carbonyl (C=O) groups excluding carboxylic acids is 1. The average molecular weight is 274 g/mol. The first kappa shape index (κ1) is 14.4. The molecule has 1 amide bonds. The zero-order valence-electron chi connectivity index (χ0n) is 9.87. The number of hydrogen-bond donors (Lipinski definition) is 2. The number of ether oxygens (including phenoxy) is 1. The Morgan fingerprint density at radius 3 is 2.94 bits per heavy atom. The van der Waals surface area contributed by atoms with Crippen LogP contribution in [0, 0.1) is 0 Å². The summed E-state index contributed by atoms with van der Waals surface area (Å²) < 4.78 is 5.32. The molecule has 0 aliphatic rings. The van der Waals surface area contributed by atoms with Crippen LogP contribution in [-0.2, 0) is 4.74 Å². The van der Waals surface area contributed by atoms with Crippen molar-refractivity contribution in [2.45, 2.75) is 24.8 Å². The van der Waals surface area contributed by atoms with Crippen LogP contribution in [0.2, 0.25) is 5.02 Å². The Labute approximate surface area is 112 Å². The first-order chi connectivity index (χ1) is 8.04. The highest BCUT2D eigenvalue weighted by Gasteiger charge is 2.11. The molecule has 0 saturated heterocycles. The topological polar surface area (TPSA) is 38.3 Å². The second kappa shape index (κ2) is 6.89. The van der Waals surface area contributed by atoms with Gasteiger partial charge in [0, 0.05) is 18.0 Å². The van der Waals surface area contributed by atoms with Crippen LogP contribution in [0.5, 0.6) is 0 Å². The fourth-order valence-corrected chi connectivity index (χ4v) is 1.77. The summed E-state index contributed by atoms with van der Waals surface area (Å²) in [4.78, 5) is 12.5. The molecular formula is C12H16ClNO2S. The molecule has 5 heteroatoms. The summed E-state index contributed by atoms with van der Waals surface area (Å²) in [6.07, 6.45) is -0.0121. The highest BCUT2D eigenvalue weighted by Crippen LogP contribution is 2.19. The first-order valence-corrected chi connectivity index (χ1v) is 6.25. The molecule has 3 nitrogen and oxygen atoms in total. The van der Waals surface area contributed by atoms with E-state index in [0.717, 1.165) is 0 Å². The molecule has 1 unspecified atom stereocenters. The molecule has 1 aromatic rings. The second-order valence-corrected chi connectivity index (χ2v) is 4.56. The number of halogens is 1. The number of carbonyl (C=O) groups is 1. The van der Waals surface area contributed by atoms with E-state index in [0.29, 0.717) is 28.6 Å². The number of thiol groups is 1. The van der Waals surface area contributed by atoms with Crippen molar-refractivity contribution in [2.75, 3.05) is 13.2 Å². The molecule has 0 heterocycles. The fraction of sp³-hybridized carbons (Fsp3) is 0.417. The molecule has 0 saturated carbocycles. The van der Waals surface area contributed by atoms with Gasteiger partial charge in [0.25, 0.3) is 5.91 Å². The minimum atomic E-state index is -0.211. The number of amides is 1. The molecule has 0 aromatic heterocycles. The van der Waals surface area contributed by atoms with Crippen molar-refractivity contribution in [1.82, 2.24) is 5.32 Å². The lowest BCUT2D eigenvalue weighted by Gasteiger charge is -2.13. The van der Waals surface area contributed by atoms with Crippen molar-refractivity contribution in [2.24, 2.45) is 0 Å². The van der Waals surface area contributed by atoms with Crippen LogP contribution in [0.25, 0.3) is 0 Å². The van der Waals surface area contributed by atoms with Crippen molar-refractivity contribution in [3.63, 3.8) is 0 Å². The van der Waals surface area contributed by atoms with Gasteiger partial charge in [-0.3, -0.25) is 4.79 Å². The van der Waals surface area contributed by atoms with E-state index in [9.17, 15) is 4.79 Å². The van der Waals surface area contributed by atoms with Gasteiger partial charge in [-0.25, -0.2) is 0 Å². The highest BCUT2D eigenvalue weighted by molar-refractivity contribution is 7.80. The van der Waals surface area contributed by atoms with E-state index >= 15 is 0 Å². The molecule has 1 atom stereocenters. The van der Waals surface area contributed by atoms with E-state index in [1.165, 1.54) is 0 Å². The number of nitrogens with one attached hydrogen (secondary N) is 1. The molecule has 0 radical (unpaired) electrons. The molecule has 0 aliphatic carbocycles. The van der Waals surface area contributed by atoms with Gasteiger partial charge in [-0.1, -0.05) is 11.6 Å². The third kappa shape index (κ3) is 4.58. The van der Waals surface area contributed by atoms with Gasteiger partial charge in [-0.05, 0) is 32.0 Å². The molecule has 1 N–H and O–H groups in total. The summed E-state index contributed by atoms with van der Waals surface area (Å²) >= 11 is 10.1. The Morgan fingerprint density at radius 2 is 2.29 bits per heavy atom. The second-order valence-electron chi connectivity index (χ2n) is 3.64. The predicted octanol–water partition coefficient (Wildman–Crippen LogP) is 2.78. The summed E-state index contributed by atoms with van der Waals surface area (Å²) in [5, 5.41) is 3.19. The number of rotatable bonds is 5. The fourth-order valence-electron chi connectivity index (χ4n) is 1.36. The molecular weight excluding hydrogens is 258 g/mol. The van der Waals surface area contributed by atoms with E-state index in [-0.39, 0.29) is 12.0 Å². The monoisotopic (exact) mass is 273 g/mol. The standard InChI is InChI=1S/C12H16ClNO2S/c1-3-16-8(2)7-14-12(15)10-6-9(17)4-5-11(10)13/h4-6,8,17H,3,7H2,1-2H3,(H,14,15). The van der Waals surface area contributed by atoms with Gasteiger partial charge in [0.15, 0.2) is 0 Å². The van der Waals surface area contributed by atoms with Crippen molar-refractivity contribution in [1.29, 1.82) is 0 Å². The lowest BCUT2D eigenvalue weighted by Crippen LogP contribution is -2.32. The molecule has 1 rings (SSSR count). The van der Waals surface area contributed by atoms with Crippen molar-refractivity contribution in [3.05, 3.63) is 28.8 Å². The van der Waals surface area contributed by atoms with Crippen LogP contribution < -0.4 is 5.32 Å². The Morgan fingerprint density at radius 1 is 1.59 bits per heavy atom. The minimum absolute atomic E-state index is 0.0121. The number of benzene rings is 1. The largest absolute Gasteiger partial charge is 0.377 e. The third-order valence-electron chi connectivity index (χ3n) is 2.20. The van der Waals surface area contributed by atoms with Crippen LogP contribution >= 0.6 is 24.2 Å². The smallest absolute Gasteiger partial charge is 0.252 e. The van der Waals surface area contributed by atoms with Crippen LogP contribution in [0.15, 0.2) is 23.1 Å². The molecule has 0 aliphatic heterocycles. The van der Waals surface area contributed by atoms with Crippen LogP contribution in [-0.4, -0.2) is 25.2 Å². The Balaban J connectivity index is 2.61. The summed E-state index contributed by atoms with van der Waals surface area (Å²) in [7, 11) is 0. The lowest BCUT2D eigenvalue weighted by molar-refractivity contribution is 0.0695. The van der Waals surface area contributed by atoms with E-state index in [4.69, 9.17) is 16.3 Å². The van der Waals surface area contributed by atoms with Gasteiger partial charge < -0.3 is 10.1 Å². The molecule has 94 valence electrons. The zero-order chi connectivity index (χ0) is 12.8. The van der Waals surface area contributed by atoms with Crippen LogP contribution in [0.1, 0.15) is 24.2 Å². The minimum Gasteiger partial charge on any atom is -0.377 e. The predicted molar refractivity (Wildman–Crippen MR) is 72.1 cm³/mol. The van der Waals surface area contributed by atoms with E-state index < -0.39 is 0 Å². The average Bonchev–Trinajstić information content (AvgIpc) is 2.29. The molecule has 0 bridgehead atoms. The molecule has 1 aromatic carbocycles. The van der Waals surface area contributed by atoms with E-state index in [1.807, 2.05) is 13.8 Å². The maximum absolute atomic E-state index is 11.8. The van der Waals surface area contributed by atoms with Gasteiger partial charge >= 0.3 is 0 Å². The van der Waals surface area contributed by atoms with Crippen molar-refractivity contribution in [3.8, 4) is 0 Å². The van der Waals surface area contributed by atoms with Gasteiger partial charge in [-0.15, -0.1) is 12.6 Å². The Bertz CT molecular complexity index is 398. The maximum atomic E-state index is 11.8. The zero-order valence-corrected chi connectivity index (χ0v) is 11.5. The van der Waals surface area contributed by atoms with Gasteiger partial charge in [0.1, 0.15) is 0 Å². The Kier molecular flexibility index (Phi) is 5.82. The lowest BCUT2D eigenvalue weighted by atomic mass is 10.2. The normalized spacial score (nSPS) is 12.2. The van der Waals surface area contributed by atoms with Gasteiger partial charge in [0.2, 0.25) is 0 Å². The van der Waals surface area contributed by atoms with Crippen molar-refractivity contribution >= 4 is 30.1 Å². The quantitative estimate of drug-likeness (QED) is 0.810. The summed E-state index contributed by atoms with van der Waals surface area (Å²) in [5.74, 6) is -0.211. The van der Waals surface area contributed by atoms with Crippen molar-refractivity contribution < 1.29 is 9.53 Å². The summed E-state index contributed by atoms with van der Waals surface area (Å²) in [6, 6.07) is 5.04. The van der Waals surface area contributed by atoms with E-state index in [2.05, 4.69) is 17.9 Å². The van der Waals surface area contributed by atoms with Crippen LogP contribution in [0.3, 0.4) is 0 Å². The summed E-state index contributed by atoms with van der Waals surface area (Å²) in [6.45, 7) is 4.91. The highest BCUT2D eigenvalue weighted by atomic mass is 35.5. The molecule has 0 fully saturated rings. The maximum Gasteiger partial charge on any atom is 0.252 e. The SMILES string of the molecule is CCOC(C)CNC(=O)c1cc(S)ccc1Cl. The number of hydrogen-bond acceptors (Lipinski definition) is 3. The molecule has 0 spiro atoms. The first-order valence-electron chi connectivity index (χ1n) is 5.43. The summed E-state index contributed by atoms with van der Waals surface area (Å²) in [5.41, 5.74) is 0.433. The van der Waals surface area contributed by atoms with Gasteiger partial charge in [0.05, 0.1) is 16.7 Å². The van der Waals surface area contributed by atoms with Crippen LogP contribution in [0.4, 0.5) is 0 Å². The Hall–Kier alpha value is -0.710.